The van der Waals surface area contributed by atoms with E-state index in [0.29, 0.717) is 47.7 Å². The number of carbonyl (C=O) groups is 1. The van der Waals surface area contributed by atoms with Gasteiger partial charge in [0.1, 0.15) is 23.5 Å². The largest absolute Gasteiger partial charge is 0.383 e. The molecule has 0 radical (unpaired) electrons. The zero-order valence-electron chi connectivity index (χ0n) is 20.7. The molecule has 0 spiro atoms. The van der Waals surface area contributed by atoms with Crippen LogP contribution in [0.1, 0.15) is 41.4 Å². The Labute approximate surface area is 205 Å². The summed E-state index contributed by atoms with van der Waals surface area (Å²) in [5.74, 6) is 6.47. The van der Waals surface area contributed by atoms with Gasteiger partial charge in [0.25, 0.3) is 5.91 Å². The number of hydrogen-bond donors (Lipinski definition) is 2. The Morgan fingerprint density at radius 1 is 1.23 bits per heavy atom. The standard InChI is InChI=1S/C26H32N6O3/c1-26(11-12-26)32-20(6-5-13-31(2)14-15-34-3)21(22-23(27)28-17-29-24(22)32)25(33)30-19-9-7-18(8-10-19)16-35-4/h7-10,17H,11-16H2,1-4H3,(H,30,33)(H2,27,28,29). The van der Waals surface area contributed by atoms with Crippen LogP contribution in [0.4, 0.5) is 11.5 Å². The van der Waals surface area contributed by atoms with Crippen LogP contribution in [0.15, 0.2) is 30.6 Å². The first kappa shape index (κ1) is 24.7. The van der Waals surface area contributed by atoms with Gasteiger partial charge in [-0.05, 0) is 50.4 Å². The number of nitrogens with zero attached hydrogens (tertiary/aromatic N) is 4. The summed E-state index contributed by atoms with van der Waals surface area (Å²) in [6.45, 7) is 4.57. The number of likely N-dealkylation sites (N-methyl/N-ethyl adjacent to an activating group) is 1. The average molecular weight is 477 g/mol. The van der Waals surface area contributed by atoms with E-state index in [-0.39, 0.29) is 17.3 Å². The van der Waals surface area contributed by atoms with Crippen molar-refractivity contribution in [2.45, 2.75) is 31.9 Å². The molecule has 1 amide bonds. The average Bonchev–Trinajstić information content (AvgIpc) is 3.48. The third-order valence-electron chi connectivity index (χ3n) is 6.28. The fourth-order valence-electron chi connectivity index (χ4n) is 4.03. The summed E-state index contributed by atoms with van der Waals surface area (Å²) in [4.78, 5) is 24.4. The van der Waals surface area contributed by atoms with Gasteiger partial charge in [-0.25, -0.2) is 9.97 Å². The number of rotatable bonds is 9. The number of carbonyl (C=O) groups excluding carboxylic acids is 1. The molecular weight excluding hydrogens is 444 g/mol. The van der Waals surface area contributed by atoms with Crippen LogP contribution in [-0.4, -0.2) is 66.3 Å². The predicted octanol–water partition coefficient (Wildman–Crippen LogP) is 2.85. The van der Waals surface area contributed by atoms with Crippen molar-refractivity contribution in [3.63, 3.8) is 0 Å². The third kappa shape index (κ3) is 5.30. The molecule has 0 saturated heterocycles. The second-order valence-electron chi connectivity index (χ2n) is 9.13. The lowest BCUT2D eigenvalue weighted by Gasteiger charge is -2.15. The molecule has 35 heavy (non-hydrogen) atoms. The van der Waals surface area contributed by atoms with Crippen molar-refractivity contribution >= 4 is 28.4 Å². The molecule has 0 atom stereocenters. The van der Waals surface area contributed by atoms with Gasteiger partial charge in [0.15, 0.2) is 0 Å². The maximum Gasteiger partial charge on any atom is 0.259 e. The number of nitrogens with one attached hydrogen (secondary N) is 1. The highest BCUT2D eigenvalue weighted by molar-refractivity contribution is 6.16. The molecule has 9 nitrogen and oxygen atoms in total. The molecule has 1 fully saturated rings. The minimum absolute atomic E-state index is 0.161. The summed E-state index contributed by atoms with van der Waals surface area (Å²) >= 11 is 0. The number of anilines is 2. The Kier molecular flexibility index (Phi) is 7.36. The van der Waals surface area contributed by atoms with Crippen LogP contribution < -0.4 is 11.1 Å². The maximum atomic E-state index is 13.7. The highest BCUT2D eigenvalue weighted by Gasteiger charge is 2.43. The summed E-state index contributed by atoms with van der Waals surface area (Å²) in [5.41, 5.74) is 9.46. The quantitative estimate of drug-likeness (QED) is 0.457. The van der Waals surface area contributed by atoms with Gasteiger partial charge in [0.05, 0.1) is 30.7 Å². The molecule has 2 heterocycles. The van der Waals surface area contributed by atoms with Gasteiger partial charge in [0.2, 0.25) is 0 Å². The highest BCUT2D eigenvalue weighted by Crippen LogP contribution is 2.47. The zero-order chi connectivity index (χ0) is 25.0. The number of aromatic nitrogens is 3. The zero-order valence-corrected chi connectivity index (χ0v) is 20.7. The van der Waals surface area contributed by atoms with Crippen molar-refractivity contribution in [3.8, 4) is 11.8 Å². The van der Waals surface area contributed by atoms with Crippen LogP contribution in [-0.2, 0) is 21.6 Å². The van der Waals surface area contributed by atoms with Crippen LogP contribution in [0.5, 0.6) is 0 Å². The topological polar surface area (TPSA) is 108 Å². The molecule has 9 heteroatoms. The first-order valence-electron chi connectivity index (χ1n) is 11.6. The van der Waals surface area contributed by atoms with E-state index in [1.54, 1.807) is 14.2 Å². The number of nitrogen functional groups attached to an aromatic ring is 1. The molecule has 4 rings (SSSR count). The Morgan fingerprint density at radius 2 is 1.97 bits per heavy atom. The lowest BCUT2D eigenvalue weighted by molar-refractivity contribution is 0.102. The maximum absolute atomic E-state index is 13.7. The fraction of sp³-hybridized carbons (Fsp3) is 0.423. The number of hydrogen-bond acceptors (Lipinski definition) is 7. The van der Waals surface area contributed by atoms with Crippen molar-refractivity contribution in [3.05, 3.63) is 47.4 Å². The SMILES string of the molecule is COCCN(C)CC#Cc1c(C(=O)Nc2ccc(COC)cc2)c2c(N)ncnc2n1C1(C)CC1. The van der Waals surface area contributed by atoms with E-state index >= 15 is 0 Å². The molecule has 3 N–H and O–H groups in total. The fourth-order valence-corrected chi connectivity index (χ4v) is 4.03. The van der Waals surface area contributed by atoms with Gasteiger partial charge < -0.3 is 25.1 Å². The van der Waals surface area contributed by atoms with Gasteiger partial charge >= 0.3 is 0 Å². The first-order valence-corrected chi connectivity index (χ1v) is 11.6. The van der Waals surface area contributed by atoms with Crippen molar-refractivity contribution in [2.75, 3.05) is 52.0 Å². The molecule has 0 unspecified atom stereocenters. The van der Waals surface area contributed by atoms with Crippen molar-refractivity contribution in [2.24, 2.45) is 0 Å². The third-order valence-corrected chi connectivity index (χ3v) is 6.28. The number of ether oxygens (including phenoxy) is 2. The molecule has 1 aliphatic rings. The van der Waals surface area contributed by atoms with E-state index < -0.39 is 0 Å². The van der Waals surface area contributed by atoms with Gasteiger partial charge in [0, 0.05) is 32.0 Å². The van der Waals surface area contributed by atoms with Crippen LogP contribution in [0.2, 0.25) is 0 Å². The molecule has 1 saturated carbocycles. The molecule has 0 bridgehead atoms. The van der Waals surface area contributed by atoms with Crippen LogP contribution >= 0.6 is 0 Å². The normalized spacial score (nSPS) is 14.1. The number of methoxy groups -OCH3 is 2. The van der Waals surface area contributed by atoms with E-state index in [0.717, 1.165) is 24.9 Å². The van der Waals surface area contributed by atoms with E-state index in [1.807, 2.05) is 31.3 Å². The van der Waals surface area contributed by atoms with E-state index in [1.165, 1.54) is 6.33 Å². The van der Waals surface area contributed by atoms with Gasteiger partial charge in [-0.15, -0.1) is 0 Å². The smallest absolute Gasteiger partial charge is 0.259 e. The van der Waals surface area contributed by atoms with Crippen molar-refractivity contribution in [1.82, 2.24) is 19.4 Å². The van der Waals surface area contributed by atoms with Crippen LogP contribution in [0.3, 0.4) is 0 Å². The minimum Gasteiger partial charge on any atom is -0.383 e. The second-order valence-corrected chi connectivity index (χ2v) is 9.13. The molecule has 3 aromatic rings. The molecule has 0 aliphatic heterocycles. The van der Waals surface area contributed by atoms with Gasteiger partial charge in [-0.1, -0.05) is 18.1 Å². The number of fused-ring (bicyclic) bond motifs is 1. The molecule has 1 aliphatic carbocycles. The summed E-state index contributed by atoms with van der Waals surface area (Å²) in [5, 5.41) is 3.53. The highest BCUT2D eigenvalue weighted by atomic mass is 16.5. The lowest BCUT2D eigenvalue weighted by atomic mass is 10.1. The van der Waals surface area contributed by atoms with Crippen molar-refractivity contribution in [1.29, 1.82) is 0 Å². The Hall–Kier alpha value is -3.45. The second kappa shape index (κ2) is 10.4. The lowest BCUT2D eigenvalue weighted by Crippen LogP contribution is -2.23. The van der Waals surface area contributed by atoms with Gasteiger partial charge in [-0.3, -0.25) is 9.69 Å². The Bertz CT molecular complexity index is 1270. The van der Waals surface area contributed by atoms with Crippen LogP contribution in [0, 0.1) is 11.8 Å². The Morgan fingerprint density at radius 3 is 2.63 bits per heavy atom. The number of nitrogens with two attached hydrogens (primary N) is 1. The number of amides is 1. The van der Waals surface area contributed by atoms with E-state index in [4.69, 9.17) is 15.2 Å². The summed E-state index contributed by atoms with van der Waals surface area (Å²) in [6.07, 6.45) is 3.39. The van der Waals surface area contributed by atoms with E-state index in [9.17, 15) is 4.79 Å². The first-order chi connectivity index (χ1) is 16.9. The van der Waals surface area contributed by atoms with E-state index in [2.05, 4.69) is 43.5 Å². The monoisotopic (exact) mass is 476 g/mol. The summed E-state index contributed by atoms with van der Waals surface area (Å²) < 4.78 is 12.4. The molecule has 1 aromatic carbocycles. The van der Waals surface area contributed by atoms with Gasteiger partial charge in [-0.2, -0.15) is 0 Å². The van der Waals surface area contributed by atoms with Crippen molar-refractivity contribution < 1.29 is 14.3 Å². The molecule has 2 aromatic heterocycles. The van der Waals surface area contributed by atoms with Crippen LogP contribution in [0.25, 0.3) is 11.0 Å². The summed E-state index contributed by atoms with van der Waals surface area (Å²) in [6, 6.07) is 7.54. The summed E-state index contributed by atoms with van der Waals surface area (Å²) in [7, 11) is 5.31. The minimum atomic E-state index is -0.295. The Balaban J connectivity index is 1.76. The molecule has 184 valence electrons. The number of benzene rings is 1. The molecular formula is C26H32N6O3. The predicted molar refractivity (Wildman–Crippen MR) is 136 cm³/mol.